The highest BCUT2D eigenvalue weighted by Crippen LogP contribution is 2.48. The third-order valence-corrected chi connectivity index (χ3v) is 7.99. The largest absolute Gasteiger partial charge is 0.507 e. The van der Waals surface area contributed by atoms with Crippen molar-refractivity contribution in [2.75, 3.05) is 4.72 Å². The molecule has 1 aromatic carbocycles. The molecule has 14 heteroatoms. The molecule has 3 aromatic rings. The Hall–Kier alpha value is -4.01. The molecule has 0 aliphatic heterocycles. The van der Waals surface area contributed by atoms with E-state index in [4.69, 9.17) is 21.0 Å². The van der Waals surface area contributed by atoms with E-state index in [0.717, 1.165) is 12.8 Å². The summed E-state index contributed by atoms with van der Waals surface area (Å²) in [5.74, 6) is -2.20. The van der Waals surface area contributed by atoms with Gasteiger partial charge in [0, 0.05) is 42.9 Å². The van der Waals surface area contributed by atoms with Crippen molar-refractivity contribution in [3.63, 3.8) is 0 Å². The van der Waals surface area contributed by atoms with E-state index in [9.17, 15) is 27.9 Å². The first-order valence-corrected chi connectivity index (χ1v) is 14.2. The van der Waals surface area contributed by atoms with Crippen molar-refractivity contribution in [3.8, 4) is 5.75 Å². The molecule has 1 aliphatic rings. The first-order valence-electron chi connectivity index (χ1n) is 12.7. The number of nitrogens with two attached hydrogens (primary N) is 2. The van der Waals surface area contributed by atoms with Gasteiger partial charge in [-0.05, 0) is 49.3 Å². The first-order chi connectivity index (χ1) is 19.0. The summed E-state index contributed by atoms with van der Waals surface area (Å²) < 4.78 is 33.1. The number of aromatic amines is 1. The number of aryl methyl sites for hydroxylation is 1. The van der Waals surface area contributed by atoms with E-state index in [1.807, 2.05) is 0 Å². The first kappa shape index (κ1) is 29.0. The zero-order valence-electron chi connectivity index (χ0n) is 21.4. The fourth-order valence-corrected chi connectivity index (χ4v) is 5.54. The van der Waals surface area contributed by atoms with Gasteiger partial charge in [0.25, 0.3) is 10.0 Å². The van der Waals surface area contributed by atoms with Gasteiger partial charge in [0.15, 0.2) is 5.78 Å². The van der Waals surface area contributed by atoms with Crippen LogP contribution < -0.4 is 21.8 Å². The molecule has 8 N–H and O–H groups in total. The van der Waals surface area contributed by atoms with Crippen LogP contribution in [0.1, 0.15) is 54.9 Å². The normalized spacial score (nSPS) is 15.8. The fraction of sp³-hybridized carbons (Fsp3) is 0.385. The average molecular weight is 574 g/mol. The Morgan fingerprint density at radius 1 is 1.18 bits per heavy atom. The number of H-pyrrole nitrogens is 1. The molecular formula is C26H31N5O8S. The van der Waals surface area contributed by atoms with E-state index in [2.05, 4.69) is 14.7 Å². The zero-order valence-corrected chi connectivity index (χ0v) is 22.3. The number of aromatic hydroxyl groups is 1. The number of carboxylic acids is 1. The Labute approximate surface area is 229 Å². The number of hydrogen-bond acceptors (Lipinski definition) is 10. The molecule has 2 unspecified atom stereocenters. The molecule has 1 fully saturated rings. The highest BCUT2D eigenvalue weighted by Gasteiger charge is 2.37. The van der Waals surface area contributed by atoms with Crippen molar-refractivity contribution < 1.29 is 32.6 Å². The Kier molecular flexibility index (Phi) is 8.71. The summed E-state index contributed by atoms with van der Waals surface area (Å²) in [4.78, 5) is 42.4. The van der Waals surface area contributed by atoms with Crippen LogP contribution in [0.5, 0.6) is 5.75 Å². The van der Waals surface area contributed by atoms with Crippen LogP contribution in [0.2, 0.25) is 0 Å². The number of benzene rings is 1. The van der Waals surface area contributed by atoms with Crippen LogP contribution >= 0.6 is 0 Å². The maximum atomic E-state index is 13.1. The van der Waals surface area contributed by atoms with Crippen molar-refractivity contribution in [3.05, 3.63) is 70.0 Å². The van der Waals surface area contributed by atoms with Gasteiger partial charge in [0.05, 0.1) is 17.6 Å². The molecular weight excluding hydrogens is 542 g/mol. The lowest BCUT2D eigenvalue weighted by atomic mass is 9.87. The van der Waals surface area contributed by atoms with E-state index in [0.29, 0.717) is 5.56 Å². The highest BCUT2D eigenvalue weighted by molar-refractivity contribution is 7.92. The number of carboxylic acid groups (broad SMARTS) is 1. The van der Waals surface area contributed by atoms with Crippen LogP contribution in [0.25, 0.3) is 0 Å². The smallest absolute Gasteiger partial charge is 0.343 e. The van der Waals surface area contributed by atoms with Gasteiger partial charge in [0.1, 0.15) is 11.5 Å². The maximum Gasteiger partial charge on any atom is 0.343 e. The van der Waals surface area contributed by atoms with E-state index >= 15 is 0 Å². The summed E-state index contributed by atoms with van der Waals surface area (Å²) >= 11 is 0. The summed E-state index contributed by atoms with van der Waals surface area (Å²) in [6.45, 7) is 0. The topological polar surface area (TPSA) is 232 Å². The Morgan fingerprint density at radius 3 is 2.52 bits per heavy atom. The number of ketones is 1. The molecule has 214 valence electrons. The van der Waals surface area contributed by atoms with Gasteiger partial charge >= 0.3 is 11.6 Å². The Bertz CT molecular complexity index is 1530. The number of hydrogen-bond donors (Lipinski definition) is 6. The van der Waals surface area contributed by atoms with Gasteiger partial charge in [-0.2, -0.15) is 8.42 Å². The van der Waals surface area contributed by atoms with Crippen LogP contribution in [0.4, 0.5) is 5.69 Å². The van der Waals surface area contributed by atoms with E-state index in [1.54, 1.807) is 24.3 Å². The molecule has 2 aromatic heterocycles. The van der Waals surface area contributed by atoms with Gasteiger partial charge in [-0.15, -0.1) is 0 Å². The molecule has 2 heterocycles. The molecule has 1 aliphatic carbocycles. The second-order valence-corrected chi connectivity index (χ2v) is 11.4. The maximum absolute atomic E-state index is 13.1. The van der Waals surface area contributed by atoms with Crippen LogP contribution in [-0.2, 0) is 26.0 Å². The van der Waals surface area contributed by atoms with Crippen LogP contribution in [-0.4, -0.2) is 52.4 Å². The Balaban J connectivity index is 1.51. The van der Waals surface area contributed by atoms with Crippen molar-refractivity contribution in [2.24, 2.45) is 17.4 Å². The monoisotopic (exact) mass is 573 g/mol. The van der Waals surface area contributed by atoms with Gasteiger partial charge in [-0.3, -0.25) is 14.3 Å². The zero-order chi connectivity index (χ0) is 29.0. The van der Waals surface area contributed by atoms with Gasteiger partial charge in [0.2, 0.25) is 5.16 Å². The third kappa shape index (κ3) is 6.94. The summed E-state index contributed by atoms with van der Waals surface area (Å²) in [6.07, 6.45) is 4.18. The number of imidazole rings is 1. The molecule has 4 rings (SSSR count). The standard InChI is InChI=1S/C26H31N5O8S/c27-18(24(35)19(28)8-9-21(33)34)7-6-17-13-20(32)23(25(36)39-17)22(14-4-5-14)15-2-1-3-16(12-15)31-40(37,38)26-29-10-11-30-26/h1-3,10-14,18-19,22,31-32H,4-9,27-28H2,(H,29,30)(H,33,34)/t18?,19-,22?/m0/s1. The molecule has 0 radical (unpaired) electrons. The summed E-state index contributed by atoms with van der Waals surface area (Å²) in [6, 6.07) is 5.87. The lowest BCUT2D eigenvalue weighted by Gasteiger charge is -2.19. The molecule has 0 amide bonds. The van der Waals surface area contributed by atoms with E-state index in [-0.39, 0.29) is 59.5 Å². The lowest BCUT2D eigenvalue weighted by Crippen LogP contribution is -2.43. The molecule has 40 heavy (non-hydrogen) atoms. The number of aliphatic carboxylic acids is 1. The van der Waals surface area contributed by atoms with Crippen LogP contribution in [0.3, 0.4) is 0 Å². The van der Waals surface area contributed by atoms with Gasteiger partial charge < -0.3 is 31.1 Å². The summed E-state index contributed by atoms with van der Waals surface area (Å²) in [5, 5.41) is 19.4. The summed E-state index contributed by atoms with van der Waals surface area (Å²) in [5.41, 5.74) is 11.9. The Morgan fingerprint density at radius 2 is 1.90 bits per heavy atom. The third-order valence-electron chi connectivity index (χ3n) is 6.75. The molecule has 3 atom stereocenters. The number of aromatic nitrogens is 2. The molecule has 0 bridgehead atoms. The minimum absolute atomic E-state index is 0.0412. The highest BCUT2D eigenvalue weighted by atomic mass is 32.2. The van der Waals surface area contributed by atoms with Gasteiger partial charge in [-0.25, -0.2) is 9.78 Å². The predicted octanol–water partition coefficient (Wildman–Crippen LogP) is 1.43. The van der Waals surface area contributed by atoms with Crippen LogP contribution in [0, 0.1) is 5.92 Å². The van der Waals surface area contributed by atoms with Crippen LogP contribution in [0.15, 0.2) is 57.1 Å². The van der Waals surface area contributed by atoms with Gasteiger partial charge in [-0.1, -0.05) is 12.1 Å². The minimum Gasteiger partial charge on any atom is -0.507 e. The minimum atomic E-state index is -3.95. The number of anilines is 1. The van der Waals surface area contributed by atoms with Crippen molar-refractivity contribution in [2.45, 2.75) is 61.7 Å². The van der Waals surface area contributed by atoms with Crippen molar-refractivity contribution in [1.29, 1.82) is 0 Å². The number of nitrogens with one attached hydrogen (secondary N) is 2. The second kappa shape index (κ2) is 12.0. The second-order valence-electron chi connectivity index (χ2n) is 9.83. The number of carbonyl (C=O) groups is 2. The number of sulfonamides is 1. The average Bonchev–Trinajstić information content (AvgIpc) is 3.57. The quantitative estimate of drug-likeness (QED) is 0.161. The number of carbonyl (C=O) groups excluding carboxylic acids is 1. The van der Waals surface area contributed by atoms with E-state index in [1.165, 1.54) is 18.5 Å². The predicted molar refractivity (Wildman–Crippen MR) is 143 cm³/mol. The molecule has 0 spiro atoms. The number of nitrogens with zero attached hydrogens (tertiary/aromatic N) is 1. The van der Waals surface area contributed by atoms with E-state index < -0.39 is 45.4 Å². The fourth-order valence-electron chi connectivity index (χ4n) is 4.58. The number of Topliss-reactive ketones (excluding diaryl/α,β-unsaturated/α-hetero) is 1. The SMILES string of the molecule is NC(CCc1cc(O)c(C(c2cccc(NS(=O)(=O)c3ncc[nH]3)c2)C2CC2)c(=O)o1)C(=O)[C@@H](N)CCC(=O)O. The lowest BCUT2D eigenvalue weighted by molar-refractivity contribution is -0.137. The molecule has 0 saturated heterocycles. The number of rotatable bonds is 14. The van der Waals surface area contributed by atoms with Crippen molar-refractivity contribution >= 4 is 27.5 Å². The molecule has 1 saturated carbocycles. The molecule has 13 nitrogen and oxygen atoms in total. The summed E-state index contributed by atoms with van der Waals surface area (Å²) in [7, 11) is -3.95. The van der Waals surface area contributed by atoms with Crippen molar-refractivity contribution in [1.82, 2.24) is 9.97 Å².